The number of aliphatic hydroxyl groups excluding tert-OH is 2. The highest BCUT2D eigenvalue weighted by molar-refractivity contribution is 7.66. The number of phosphoric acid groups is 3. The van der Waals surface area contributed by atoms with Gasteiger partial charge in [-0.05, 0) is 12.5 Å². The standard InChI is InChI=1S/C16H25N6O15P3/c1-2-9(23)17-4-3-5-18-16-20-13-10(14(26)21-16)19-7-22(13)15-12(25)11(24)8(35-15)6-34-39(30,31)37-40(32,33)36-38(27,28)29/h2,7-8,11-12,15,24-25H,1,3-6H2,(H,17,23)(H,30,31)(H,32,33)(H2,27,28,29)(H2,18,20,21,26)/t8-,11-,12-,15-/m1/s1. The van der Waals surface area contributed by atoms with Gasteiger partial charge in [-0.3, -0.25) is 23.7 Å². The fourth-order valence-electron chi connectivity index (χ4n) is 3.34. The number of fused-ring (bicyclic) bond motifs is 1. The number of phosphoric ester groups is 1. The first kappa shape index (κ1) is 32.2. The minimum atomic E-state index is -5.77. The van der Waals surface area contributed by atoms with Crippen molar-refractivity contribution in [1.82, 2.24) is 24.8 Å². The van der Waals surface area contributed by atoms with Crippen LogP contribution in [-0.4, -0.2) is 93.2 Å². The van der Waals surface area contributed by atoms with E-state index >= 15 is 0 Å². The number of hydrogen-bond acceptors (Lipinski definition) is 14. The van der Waals surface area contributed by atoms with Crippen LogP contribution in [-0.2, 0) is 36.4 Å². The Labute approximate surface area is 223 Å². The second-order valence-corrected chi connectivity index (χ2v) is 12.4. The van der Waals surface area contributed by atoms with Gasteiger partial charge < -0.3 is 45.2 Å². The molecule has 1 fully saturated rings. The number of nitrogens with zero attached hydrogens (tertiary/aromatic N) is 3. The molecule has 21 nitrogen and oxygen atoms in total. The summed E-state index contributed by atoms with van der Waals surface area (Å²) < 4.78 is 52.3. The van der Waals surface area contributed by atoms with Crippen molar-refractivity contribution in [2.24, 2.45) is 0 Å². The van der Waals surface area contributed by atoms with Crippen LogP contribution in [0.4, 0.5) is 5.95 Å². The van der Waals surface area contributed by atoms with Gasteiger partial charge in [0.2, 0.25) is 11.9 Å². The lowest BCUT2D eigenvalue weighted by Crippen LogP contribution is -2.33. The summed E-state index contributed by atoms with van der Waals surface area (Å²) in [6.07, 6.45) is -3.87. The number of aromatic nitrogens is 4. The van der Waals surface area contributed by atoms with Crippen LogP contribution in [0.5, 0.6) is 0 Å². The molecule has 2 aromatic heterocycles. The zero-order chi connectivity index (χ0) is 29.9. The molecule has 1 aliphatic heterocycles. The van der Waals surface area contributed by atoms with Crippen molar-refractivity contribution in [3.8, 4) is 0 Å². The van der Waals surface area contributed by atoms with E-state index in [4.69, 9.17) is 14.5 Å². The summed E-state index contributed by atoms with van der Waals surface area (Å²) in [7, 11) is -16.9. The molecule has 2 unspecified atom stereocenters. The van der Waals surface area contributed by atoms with Crippen LogP contribution >= 0.6 is 23.5 Å². The molecule has 9 N–H and O–H groups in total. The maximum atomic E-state index is 12.4. The molecule has 1 amide bonds. The molecular weight excluding hydrogens is 609 g/mol. The van der Waals surface area contributed by atoms with Crippen molar-refractivity contribution in [2.45, 2.75) is 31.0 Å². The summed E-state index contributed by atoms with van der Waals surface area (Å²) in [5.74, 6) is -0.346. The Morgan fingerprint density at radius 3 is 2.50 bits per heavy atom. The molecule has 3 rings (SSSR count). The Hall–Kier alpha value is -2.35. The number of imidazole rings is 1. The molecule has 1 saturated heterocycles. The third-order valence-electron chi connectivity index (χ3n) is 4.99. The molecule has 0 bridgehead atoms. The van der Waals surface area contributed by atoms with Gasteiger partial charge in [0.1, 0.15) is 18.3 Å². The molecule has 3 heterocycles. The Kier molecular flexibility index (Phi) is 10.2. The lowest BCUT2D eigenvalue weighted by molar-refractivity contribution is -0.116. The van der Waals surface area contributed by atoms with E-state index in [1.165, 1.54) is 0 Å². The first-order valence-electron chi connectivity index (χ1n) is 10.9. The summed E-state index contributed by atoms with van der Waals surface area (Å²) in [4.78, 5) is 70.1. The van der Waals surface area contributed by atoms with Crippen molar-refractivity contribution >= 4 is 46.5 Å². The second-order valence-electron chi connectivity index (χ2n) is 7.95. The molecule has 0 radical (unpaired) electrons. The SMILES string of the molecule is C=CC(=O)NCCCNc1nc2c(ncn2[C@@H]2O[C@H](COP(=O)(O)OP(=O)(O)OP(=O)(O)O)[C@@H](O)[C@H]2O)c(=O)[nH]1. The van der Waals surface area contributed by atoms with Crippen molar-refractivity contribution in [3.05, 3.63) is 29.3 Å². The van der Waals surface area contributed by atoms with Gasteiger partial charge in [0.15, 0.2) is 17.4 Å². The zero-order valence-electron chi connectivity index (χ0n) is 20.0. The van der Waals surface area contributed by atoms with E-state index in [9.17, 15) is 43.3 Å². The van der Waals surface area contributed by atoms with Crippen LogP contribution in [0.3, 0.4) is 0 Å². The molecule has 1 aliphatic rings. The van der Waals surface area contributed by atoms with Gasteiger partial charge in [-0.2, -0.15) is 13.6 Å². The van der Waals surface area contributed by atoms with E-state index < -0.39 is 60.2 Å². The number of carbonyl (C=O) groups is 1. The highest BCUT2D eigenvalue weighted by Crippen LogP contribution is 2.66. The van der Waals surface area contributed by atoms with Gasteiger partial charge in [0.05, 0.1) is 12.9 Å². The first-order valence-corrected chi connectivity index (χ1v) is 15.4. The minimum absolute atomic E-state index is 0.00606. The quantitative estimate of drug-likeness (QED) is 0.0628. The molecule has 0 spiro atoms. The normalized spacial score (nSPS) is 24.4. The third kappa shape index (κ3) is 8.58. The Bertz CT molecular complexity index is 1440. The predicted octanol–water partition coefficient (Wildman–Crippen LogP) is -1.81. The Balaban J connectivity index is 1.68. The number of anilines is 1. The van der Waals surface area contributed by atoms with Gasteiger partial charge in [0.25, 0.3) is 5.56 Å². The van der Waals surface area contributed by atoms with E-state index in [1.54, 1.807) is 0 Å². The fraction of sp³-hybridized carbons (Fsp3) is 0.500. The Morgan fingerprint density at radius 2 is 1.85 bits per heavy atom. The van der Waals surface area contributed by atoms with Crippen molar-refractivity contribution < 1.29 is 66.2 Å². The van der Waals surface area contributed by atoms with Crippen LogP contribution in [0, 0.1) is 0 Å². The van der Waals surface area contributed by atoms with Gasteiger partial charge in [0, 0.05) is 13.1 Å². The lowest BCUT2D eigenvalue weighted by Gasteiger charge is -2.19. The average molecular weight is 634 g/mol. The lowest BCUT2D eigenvalue weighted by atomic mass is 10.1. The number of ether oxygens (including phenoxy) is 1. The number of aliphatic hydroxyl groups is 2. The van der Waals surface area contributed by atoms with E-state index in [2.05, 4.69) is 45.3 Å². The van der Waals surface area contributed by atoms with E-state index in [1.807, 2.05) is 0 Å². The van der Waals surface area contributed by atoms with Gasteiger partial charge in [-0.15, -0.1) is 0 Å². The predicted molar refractivity (Wildman–Crippen MR) is 130 cm³/mol. The van der Waals surface area contributed by atoms with Crippen molar-refractivity contribution in [1.29, 1.82) is 0 Å². The average Bonchev–Trinajstić information content (AvgIpc) is 3.36. The number of nitrogens with one attached hydrogen (secondary N) is 3. The Morgan fingerprint density at radius 1 is 1.15 bits per heavy atom. The number of carbonyl (C=O) groups excluding carboxylic acids is 1. The third-order valence-corrected chi connectivity index (χ3v) is 8.79. The van der Waals surface area contributed by atoms with Crippen LogP contribution in [0.2, 0.25) is 0 Å². The summed E-state index contributed by atoms with van der Waals surface area (Å²) in [6, 6.07) is 0. The number of aromatic amines is 1. The topological polar surface area (TPSA) is 314 Å². The highest BCUT2D eigenvalue weighted by atomic mass is 31.3. The minimum Gasteiger partial charge on any atom is -0.387 e. The van der Waals surface area contributed by atoms with Gasteiger partial charge in [-0.1, -0.05) is 6.58 Å². The fourth-order valence-corrected chi connectivity index (χ4v) is 6.37. The van der Waals surface area contributed by atoms with Crippen LogP contribution in [0.1, 0.15) is 12.6 Å². The van der Waals surface area contributed by atoms with Crippen molar-refractivity contribution in [2.75, 3.05) is 25.0 Å². The molecule has 6 atom stereocenters. The number of rotatable bonds is 14. The maximum Gasteiger partial charge on any atom is 0.490 e. The summed E-state index contributed by atoms with van der Waals surface area (Å²) in [6.45, 7) is 2.88. The van der Waals surface area contributed by atoms with Crippen LogP contribution in [0.25, 0.3) is 11.2 Å². The van der Waals surface area contributed by atoms with E-state index in [-0.39, 0.29) is 29.6 Å². The highest BCUT2D eigenvalue weighted by Gasteiger charge is 2.47. The molecule has 24 heteroatoms. The smallest absolute Gasteiger partial charge is 0.387 e. The zero-order valence-corrected chi connectivity index (χ0v) is 22.7. The van der Waals surface area contributed by atoms with E-state index in [0.717, 1.165) is 17.0 Å². The largest absolute Gasteiger partial charge is 0.490 e. The van der Waals surface area contributed by atoms with Crippen LogP contribution in [0.15, 0.2) is 23.8 Å². The summed E-state index contributed by atoms with van der Waals surface area (Å²) >= 11 is 0. The number of amides is 1. The summed E-state index contributed by atoms with van der Waals surface area (Å²) in [5.41, 5.74) is -0.912. The molecule has 0 aromatic carbocycles. The molecule has 0 saturated carbocycles. The maximum absolute atomic E-state index is 12.4. The van der Waals surface area contributed by atoms with Crippen LogP contribution < -0.4 is 16.2 Å². The molecule has 224 valence electrons. The number of H-pyrrole nitrogens is 1. The molecule has 2 aromatic rings. The first-order chi connectivity index (χ1) is 18.5. The van der Waals surface area contributed by atoms with Gasteiger partial charge in [-0.25, -0.2) is 18.7 Å². The van der Waals surface area contributed by atoms with Crippen molar-refractivity contribution in [3.63, 3.8) is 0 Å². The summed E-state index contributed by atoms with van der Waals surface area (Å²) in [5, 5.41) is 26.3. The van der Waals surface area contributed by atoms with E-state index in [0.29, 0.717) is 13.0 Å². The monoisotopic (exact) mass is 634 g/mol. The molecule has 0 aliphatic carbocycles. The molecular formula is C16H25N6O15P3. The second kappa shape index (κ2) is 12.7. The molecule has 40 heavy (non-hydrogen) atoms. The van der Waals surface area contributed by atoms with Gasteiger partial charge >= 0.3 is 23.5 Å². The number of hydrogen-bond donors (Lipinski definition) is 9.